The lowest BCUT2D eigenvalue weighted by Crippen LogP contribution is -2.18. The molecule has 1 N–H and O–H groups in total. The third kappa shape index (κ3) is 5.81. The highest BCUT2D eigenvalue weighted by Gasteiger charge is 2.22. The second-order valence-electron chi connectivity index (χ2n) is 7.20. The number of carbonyl (C=O) groups excluding carboxylic acids is 1. The van der Waals surface area contributed by atoms with Gasteiger partial charge in [-0.15, -0.1) is 21.5 Å². The lowest BCUT2D eigenvalue weighted by Gasteiger charge is -2.14. The molecule has 6 nitrogen and oxygen atoms in total. The molecule has 4 rings (SSSR count). The van der Waals surface area contributed by atoms with Gasteiger partial charge in [-0.25, -0.2) is 0 Å². The molecule has 0 spiro atoms. The molecule has 1 aliphatic rings. The Hall–Kier alpha value is -1.58. The van der Waals surface area contributed by atoms with Gasteiger partial charge in [0.15, 0.2) is 11.0 Å². The fourth-order valence-corrected chi connectivity index (χ4v) is 5.49. The van der Waals surface area contributed by atoms with Crippen LogP contribution in [0.1, 0.15) is 24.6 Å². The number of anilines is 1. The van der Waals surface area contributed by atoms with Crippen LogP contribution in [0.3, 0.4) is 0 Å². The normalized spacial score (nSPS) is 16.0. The lowest BCUT2D eigenvalue weighted by atomic mass is 10.2. The highest BCUT2D eigenvalue weighted by molar-refractivity contribution is 7.99. The first kappa shape index (κ1) is 22.6. The Morgan fingerprint density at radius 1 is 1.29 bits per heavy atom. The SMILES string of the molecule is CCc1cc(-c2nnc(SCC(=O)Nc3cc(Cl)cc(Cl)c3)n2CC2CCCO2)cs1. The Morgan fingerprint density at radius 2 is 2.10 bits per heavy atom. The molecule has 164 valence electrons. The number of aryl methyl sites for hydroxylation is 1. The summed E-state index contributed by atoms with van der Waals surface area (Å²) in [5.74, 6) is 0.841. The van der Waals surface area contributed by atoms with Gasteiger partial charge in [-0.2, -0.15) is 0 Å². The van der Waals surface area contributed by atoms with Crippen molar-refractivity contribution in [2.24, 2.45) is 0 Å². The minimum Gasteiger partial charge on any atom is -0.376 e. The van der Waals surface area contributed by atoms with Gasteiger partial charge in [0, 0.05) is 38.2 Å². The monoisotopic (exact) mass is 496 g/mol. The van der Waals surface area contributed by atoms with Gasteiger partial charge in [-0.1, -0.05) is 41.9 Å². The topological polar surface area (TPSA) is 69.0 Å². The number of hydrogen-bond donors (Lipinski definition) is 1. The largest absolute Gasteiger partial charge is 0.376 e. The maximum Gasteiger partial charge on any atom is 0.234 e. The van der Waals surface area contributed by atoms with Crippen LogP contribution in [0, 0.1) is 0 Å². The molecule has 3 heterocycles. The van der Waals surface area contributed by atoms with E-state index >= 15 is 0 Å². The Bertz CT molecular complexity index is 1040. The van der Waals surface area contributed by atoms with Crippen LogP contribution >= 0.6 is 46.3 Å². The first-order chi connectivity index (χ1) is 15.0. The van der Waals surface area contributed by atoms with E-state index in [4.69, 9.17) is 27.9 Å². The molecule has 0 radical (unpaired) electrons. The van der Waals surface area contributed by atoms with E-state index in [0.717, 1.165) is 37.3 Å². The van der Waals surface area contributed by atoms with Crippen molar-refractivity contribution in [2.75, 3.05) is 17.7 Å². The van der Waals surface area contributed by atoms with Crippen molar-refractivity contribution < 1.29 is 9.53 Å². The minimum absolute atomic E-state index is 0.140. The van der Waals surface area contributed by atoms with Gasteiger partial charge in [0.25, 0.3) is 0 Å². The minimum atomic E-state index is -0.166. The number of thioether (sulfide) groups is 1. The number of ether oxygens (including phenoxy) is 1. The Kier molecular flexibility index (Phi) is 7.55. The van der Waals surface area contributed by atoms with E-state index in [1.54, 1.807) is 29.5 Å². The van der Waals surface area contributed by atoms with Crippen molar-refractivity contribution in [1.29, 1.82) is 0 Å². The molecule has 1 aliphatic heterocycles. The van der Waals surface area contributed by atoms with Crippen molar-refractivity contribution in [3.63, 3.8) is 0 Å². The molecule has 0 bridgehead atoms. The summed E-state index contributed by atoms with van der Waals surface area (Å²) >= 11 is 15.1. The van der Waals surface area contributed by atoms with Crippen LogP contribution in [0.2, 0.25) is 10.0 Å². The number of aromatic nitrogens is 3. The molecule has 1 unspecified atom stereocenters. The zero-order valence-electron chi connectivity index (χ0n) is 16.9. The molecule has 3 aromatic rings. The van der Waals surface area contributed by atoms with Gasteiger partial charge >= 0.3 is 0 Å². The second-order valence-corrected chi connectivity index (χ2v) is 10.0. The molecular weight excluding hydrogens is 475 g/mol. The number of halogens is 2. The van der Waals surface area contributed by atoms with Gasteiger partial charge < -0.3 is 10.1 Å². The first-order valence-corrected chi connectivity index (χ1v) is 12.6. The molecule has 10 heteroatoms. The summed E-state index contributed by atoms with van der Waals surface area (Å²) in [6.07, 6.45) is 3.20. The summed E-state index contributed by atoms with van der Waals surface area (Å²) in [4.78, 5) is 13.8. The van der Waals surface area contributed by atoms with E-state index < -0.39 is 0 Å². The molecule has 0 saturated carbocycles. The number of hydrogen-bond acceptors (Lipinski definition) is 6. The molecule has 0 aliphatic carbocycles. The van der Waals surface area contributed by atoms with E-state index in [9.17, 15) is 4.79 Å². The maximum atomic E-state index is 12.5. The smallest absolute Gasteiger partial charge is 0.234 e. The predicted octanol–water partition coefficient (Wildman–Crippen LogP) is 5.79. The van der Waals surface area contributed by atoms with Crippen molar-refractivity contribution in [3.8, 4) is 11.4 Å². The quantitative estimate of drug-likeness (QED) is 0.399. The number of thiophene rings is 1. The molecule has 2 aromatic heterocycles. The van der Waals surface area contributed by atoms with E-state index in [-0.39, 0.29) is 17.8 Å². The number of carbonyl (C=O) groups is 1. The van der Waals surface area contributed by atoms with Crippen molar-refractivity contribution in [2.45, 2.75) is 44.0 Å². The van der Waals surface area contributed by atoms with Gasteiger partial charge in [-0.3, -0.25) is 9.36 Å². The van der Waals surface area contributed by atoms with Crippen LogP contribution < -0.4 is 5.32 Å². The molecule has 1 atom stereocenters. The summed E-state index contributed by atoms with van der Waals surface area (Å²) in [7, 11) is 0. The molecule has 1 amide bonds. The number of benzene rings is 1. The summed E-state index contributed by atoms with van der Waals surface area (Å²) < 4.78 is 7.91. The van der Waals surface area contributed by atoms with Crippen LogP contribution in [-0.4, -0.2) is 39.1 Å². The van der Waals surface area contributed by atoms with E-state index in [1.165, 1.54) is 16.6 Å². The Labute approximate surface area is 199 Å². The first-order valence-electron chi connectivity index (χ1n) is 10.0. The molecule has 1 fully saturated rings. The number of nitrogens with zero attached hydrogens (tertiary/aromatic N) is 3. The maximum absolute atomic E-state index is 12.5. The zero-order valence-corrected chi connectivity index (χ0v) is 20.1. The lowest BCUT2D eigenvalue weighted by molar-refractivity contribution is -0.113. The summed E-state index contributed by atoms with van der Waals surface area (Å²) in [6, 6.07) is 7.10. The number of nitrogens with one attached hydrogen (secondary N) is 1. The summed E-state index contributed by atoms with van der Waals surface area (Å²) in [6.45, 7) is 3.60. The molecular formula is C21H22Cl2N4O2S2. The summed E-state index contributed by atoms with van der Waals surface area (Å²) in [5, 5.41) is 15.4. The fourth-order valence-electron chi connectivity index (χ4n) is 3.40. The summed E-state index contributed by atoms with van der Waals surface area (Å²) in [5.41, 5.74) is 1.62. The van der Waals surface area contributed by atoms with Crippen molar-refractivity contribution >= 4 is 57.9 Å². The van der Waals surface area contributed by atoms with E-state index in [1.807, 2.05) is 0 Å². The third-order valence-electron chi connectivity index (χ3n) is 4.87. The van der Waals surface area contributed by atoms with E-state index in [2.05, 4.69) is 38.5 Å². The Morgan fingerprint density at radius 3 is 2.77 bits per heavy atom. The second kappa shape index (κ2) is 10.4. The number of rotatable bonds is 8. The van der Waals surface area contributed by atoms with Crippen LogP contribution in [0.5, 0.6) is 0 Å². The van der Waals surface area contributed by atoms with Crippen molar-refractivity contribution in [1.82, 2.24) is 14.8 Å². The highest BCUT2D eigenvalue weighted by atomic mass is 35.5. The third-order valence-corrected chi connectivity index (χ3v) is 7.35. The highest BCUT2D eigenvalue weighted by Crippen LogP contribution is 2.30. The fraction of sp³-hybridized carbons (Fsp3) is 0.381. The predicted molar refractivity (Wildman–Crippen MR) is 128 cm³/mol. The van der Waals surface area contributed by atoms with Crippen LogP contribution in [0.25, 0.3) is 11.4 Å². The van der Waals surface area contributed by atoms with Crippen LogP contribution in [-0.2, 0) is 22.5 Å². The van der Waals surface area contributed by atoms with Gasteiger partial charge in [0.1, 0.15) is 0 Å². The van der Waals surface area contributed by atoms with Gasteiger partial charge in [-0.05, 0) is 43.5 Å². The molecule has 31 heavy (non-hydrogen) atoms. The van der Waals surface area contributed by atoms with Gasteiger partial charge in [0.05, 0.1) is 18.4 Å². The van der Waals surface area contributed by atoms with Crippen LogP contribution in [0.4, 0.5) is 5.69 Å². The average Bonchev–Trinajstić information content (AvgIpc) is 3.47. The Balaban J connectivity index is 1.49. The average molecular weight is 497 g/mol. The van der Waals surface area contributed by atoms with Crippen molar-refractivity contribution in [3.05, 3.63) is 44.6 Å². The zero-order chi connectivity index (χ0) is 21.8. The van der Waals surface area contributed by atoms with E-state index in [0.29, 0.717) is 27.4 Å². The van der Waals surface area contributed by atoms with Gasteiger partial charge in [0.2, 0.25) is 5.91 Å². The molecule has 1 saturated heterocycles. The van der Waals surface area contributed by atoms with Crippen LogP contribution in [0.15, 0.2) is 34.8 Å². The molecule has 1 aromatic carbocycles. The number of amides is 1. The standard InChI is InChI=1S/C21H22Cl2N4O2S2/c1-2-18-6-13(11-30-18)20-25-26-21(27(20)10-17-4-3-5-29-17)31-12-19(28)24-16-8-14(22)7-15(23)9-16/h6-9,11,17H,2-5,10,12H2,1H3,(H,24,28).